The number of benzene rings is 5. The lowest BCUT2D eigenvalue weighted by Gasteiger charge is -2.27. The quantitative estimate of drug-likeness (QED) is 0.191. The van der Waals surface area contributed by atoms with E-state index in [9.17, 15) is 4.39 Å². The Hall–Kier alpha value is -4.15. The highest BCUT2D eigenvalue weighted by atomic mass is 35.5. The van der Waals surface area contributed by atoms with Crippen LogP contribution in [-0.4, -0.2) is 19.2 Å². The number of methoxy groups -OCH3 is 2. The Balaban J connectivity index is 0.000000265. The molecule has 1 aliphatic rings. The van der Waals surface area contributed by atoms with E-state index < -0.39 is 0 Å². The minimum absolute atomic E-state index is 0.201. The van der Waals surface area contributed by atoms with Gasteiger partial charge in [0, 0.05) is 12.4 Å². The molecule has 0 fully saturated rings. The maximum absolute atomic E-state index is 14.4. The van der Waals surface area contributed by atoms with Gasteiger partial charge in [0.25, 0.3) is 0 Å². The van der Waals surface area contributed by atoms with Gasteiger partial charge in [-0.25, -0.2) is 4.39 Å². The van der Waals surface area contributed by atoms with Crippen molar-refractivity contribution in [3.8, 4) is 11.5 Å². The molecule has 0 radical (unpaired) electrons. The van der Waals surface area contributed by atoms with Crippen molar-refractivity contribution < 1.29 is 13.9 Å². The molecule has 0 bridgehead atoms. The van der Waals surface area contributed by atoms with Crippen LogP contribution in [0.4, 0.5) is 4.39 Å². The zero-order chi connectivity index (χ0) is 29.1. The summed E-state index contributed by atoms with van der Waals surface area (Å²) in [4.78, 5) is 4.01. The van der Waals surface area contributed by atoms with Crippen molar-refractivity contribution in [2.45, 2.75) is 38.0 Å². The molecule has 0 saturated carbocycles. The highest BCUT2D eigenvalue weighted by Gasteiger charge is 2.24. The first-order chi connectivity index (χ1) is 20.6. The summed E-state index contributed by atoms with van der Waals surface area (Å²) >= 11 is 5.98. The molecule has 7 rings (SSSR count). The average Bonchev–Trinajstić information content (AvgIpc) is 3.04. The van der Waals surface area contributed by atoms with Crippen molar-refractivity contribution >= 4 is 43.9 Å². The molecule has 0 amide bonds. The topological polar surface area (TPSA) is 31.4 Å². The summed E-state index contributed by atoms with van der Waals surface area (Å²) in [5.41, 5.74) is 3.48. The number of nitrogens with zero attached hydrogens (tertiary/aromatic N) is 1. The minimum atomic E-state index is -0.283. The number of halogens is 2. The van der Waals surface area contributed by atoms with Crippen LogP contribution in [0, 0.1) is 5.82 Å². The number of aromatic nitrogens is 1. The van der Waals surface area contributed by atoms with E-state index >= 15 is 0 Å². The lowest BCUT2D eigenvalue weighted by Crippen LogP contribution is -2.12. The van der Waals surface area contributed by atoms with Gasteiger partial charge in [-0.2, -0.15) is 0 Å². The van der Waals surface area contributed by atoms with Crippen LogP contribution in [0.1, 0.15) is 41.9 Å². The van der Waals surface area contributed by atoms with Crippen molar-refractivity contribution in [1.29, 1.82) is 0 Å². The van der Waals surface area contributed by atoms with E-state index in [0.29, 0.717) is 17.9 Å². The number of pyridine rings is 1. The number of rotatable bonds is 5. The normalized spacial score (nSPS) is 14.3. The maximum atomic E-state index is 14.4. The molecule has 3 nitrogen and oxygen atoms in total. The van der Waals surface area contributed by atoms with Gasteiger partial charge in [0.15, 0.2) is 0 Å². The van der Waals surface area contributed by atoms with E-state index in [1.165, 1.54) is 32.7 Å². The van der Waals surface area contributed by atoms with Crippen molar-refractivity contribution in [3.05, 3.63) is 125 Å². The molecule has 1 atom stereocenters. The molecule has 212 valence electrons. The second-order valence-electron chi connectivity index (χ2n) is 10.8. The molecule has 0 spiro atoms. The average molecular weight is 578 g/mol. The van der Waals surface area contributed by atoms with Gasteiger partial charge in [-0.05, 0) is 106 Å². The van der Waals surface area contributed by atoms with Gasteiger partial charge in [0.05, 0.1) is 24.6 Å². The minimum Gasteiger partial charge on any atom is -0.496 e. The van der Waals surface area contributed by atoms with Crippen LogP contribution in [0.5, 0.6) is 11.5 Å². The summed E-state index contributed by atoms with van der Waals surface area (Å²) in [5, 5.41) is 7.27. The highest BCUT2D eigenvalue weighted by molar-refractivity contribution is 6.30. The molecule has 42 heavy (non-hydrogen) atoms. The van der Waals surface area contributed by atoms with Crippen molar-refractivity contribution in [2.24, 2.45) is 0 Å². The molecule has 5 heteroatoms. The summed E-state index contributed by atoms with van der Waals surface area (Å²) in [6, 6.07) is 28.3. The van der Waals surface area contributed by atoms with Gasteiger partial charge in [-0.1, -0.05) is 72.3 Å². The third-order valence-corrected chi connectivity index (χ3v) is 8.73. The highest BCUT2D eigenvalue weighted by Crippen LogP contribution is 2.44. The molecule has 0 N–H and O–H groups in total. The van der Waals surface area contributed by atoms with Crippen molar-refractivity contribution in [2.75, 3.05) is 14.2 Å². The Kier molecular flexibility index (Phi) is 8.25. The summed E-state index contributed by atoms with van der Waals surface area (Å²) in [6.45, 7) is 0. The molecule has 0 aliphatic heterocycles. The SMILES string of the molecule is COc1cccc2c1c(OC)cc1c3c(ccc12)C(CCc1cccc(Cl)c1F)CCC3.c1ccc2cnccc2c1. The molecule has 1 aromatic heterocycles. The second kappa shape index (κ2) is 12.4. The summed E-state index contributed by atoms with van der Waals surface area (Å²) in [5.74, 6) is 1.78. The lowest BCUT2D eigenvalue weighted by atomic mass is 9.77. The van der Waals surface area contributed by atoms with Crippen LogP contribution in [0.25, 0.3) is 32.3 Å². The zero-order valence-corrected chi connectivity index (χ0v) is 24.6. The van der Waals surface area contributed by atoms with E-state index in [2.05, 4.69) is 41.4 Å². The Bertz CT molecular complexity index is 1820. The fourth-order valence-corrected chi connectivity index (χ4v) is 6.56. The third-order valence-electron chi connectivity index (χ3n) is 8.43. The standard InChI is InChI=1S/C28H26ClFO2.C9H7N/c1-31-25-11-5-9-22-21-15-14-19-17(12-13-18-7-4-10-24(29)28(18)30)6-3-8-20(19)23(21)16-26(32-2)27(22)25;1-2-4-9-7-10-6-5-8(9)3-1/h4-5,7,9-11,14-17H,3,6,8,12-13H2,1-2H3;1-7H. The number of hydrogen-bond acceptors (Lipinski definition) is 3. The largest absolute Gasteiger partial charge is 0.496 e. The predicted octanol–water partition coefficient (Wildman–Crippen LogP) is 10.1. The van der Waals surface area contributed by atoms with Gasteiger partial charge >= 0.3 is 0 Å². The van der Waals surface area contributed by atoms with E-state index in [4.69, 9.17) is 21.1 Å². The first-order valence-electron chi connectivity index (χ1n) is 14.4. The molecular formula is C37H33ClFNO2. The molecule has 6 aromatic rings. The molecule has 1 aliphatic carbocycles. The van der Waals surface area contributed by atoms with Gasteiger partial charge in [0.1, 0.15) is 17.3 Å². The number of hydrogen-bond donors (Lipinski definition) is 0. The zero-order valence-electron chi connectivity index (χ0n) is 23.9. The Morgan fingerprint density at radius 2 is 1.64 bits per heavy atom. The Morgan fingerprint density at radius 1 is 0.833 bits per heavy atom. The van der Waals surface area contributed by atoms with Crippen molar-refractivity contribution in [1.82, 2.24) is 4.98 Å². The van der Waals surface area contributed by atoms with Crippen LogP contribution in [-0.2, 0) is 12.8 Å². The third kappa shape index (κ3) is 5.39. The molecular weight excluding hydrogens is 545 g/mol. The maximum Gasteiger partial charge on any atom is 0.144 e. The summed E-state index contributed by atoms with van der Waals surface area (Å²) in [6.07, 6.45) is 8.58. The monoisotopic (exact) mass is 577 g/mol. The predicted molar refractivity (Wildman–Crippen MR) is 172 cm³/mol. The molecule has 1 unspecified atom stereocenters. The second-order valence-corrected chi connectivity index (χ2v) is 11.2. The smallest absolute Gasteiger partial charge is 0.144 e. The fraction of sp³-hybridized carbons (Fsp3) is 0.216. The molecule has 5 aromatic carbocycles. The number of fused-ring (bicyclic) bond motifs is 6. The van der Waals surface area contributed by atoms with E-state index in [0.717, 1.165) is 48.0 Å². The van der Waals surface area contributed by atoms with E-state index in [-0.39, 0.29) is 10.8 Å². The Morgan fingerprint density at radius 3 is 2.45 bits per heavy atom. The number of ether oxygens (including phenoxy) is 2. The van der Waals surface area contributed by atoms with Crippen LogP contribution < -0.4 is 9.47 Å². The lowest BCUT2D eigenvalue weighted by molar-refractivity contribution is 0.405. The van der Waals surface area contributed by atoms with Crippen LogP contribution in [0.15, 0.2) is 97.3 Å². The molecule has 1 heterocycles. The van der Waals surface area contributed by atoms with Crippen LogP contribution in [0.3, 0.4) is 0 Å². The van der Waals surface area contributed by atoms with E-state index in [1.807, 2.05) is 54.9 Å². The van der Waals surface area contributed by atoms with Crippen molar-refractivity contribution in [3.63, 3.8) is 0 Å². The fourth-order valence-electron chi connectivity index (χ4n) is 6.37. The molecule has 0 saturated heterocycles. The first kappa shape index (κ1) is 28.0. The van der Waals surface area contributed by atoms with Gasteiger partial charge < -0.3 is 9.47 Å². The van der Waals surface area contributed by atoms with Crippen LogP contribution in [0.2, 0.25) is 5.02 Å². The summed E-state index contributed by atoms with van der Waals surface area (Å²) in [7, 11) is 3.41. The van der Waals surface area contributed by atoms with Crippen LogP contribution >= 0.6 is 11.6 Å². The van der Waals surface area contributed by atoms with E-state index in [1.54, 1.807) is 20.3 Å². The summed E-state index contributed by atoms with van der Waals surface area (Å²) < 4.78 is 25.8. The van der Waals surface area contributed by atoms with Gasteiger partial charge in [0.2, 0.25) is 0 Å². The first-order valence-corrected chi connectivity index (χ1v) is 14.8. The van der Waals surface area contributed by atoms with Gasteiger partial charge in [-0.3, -0.25) is 4.98 Å². The Labute approximate surface area is 250 Å². The van der Waals surface area contributed by atoms with Gasteiger partial charge in [-0.15, -0.1) is 0 Å². The number of aryl methyl sites for hydroxylation is 2.